The topological polar surface area (TPSA) is 121 Å². The predicted molar refractivity (Wildman–Crippen MR) is 136 cm³/mol. The van der Waals surface area contributed by atoms with E-state index in [4.69, 9.17) is 0 Å². The Morgan fingerprint density at radius 2 is 1.79 bits per heavy atom. The molecule has 3 aromatic heterocycles. The number of hydrogen-bond acceptors (Lipinski definition) is 8. The Bertz CT molecular complexity index is 1480. The van der Waals surface area contributed by atoms with E-state index in [1.165, 1.54) is 11.3 Å². The third-order valence-electron chi connectivity index (χ3n) is 7.02. The molecule has 3 N–H and O–H groups in total. The van der Waals surface area contributed by atoms with Crippen LogP contribution in [0, 0.1) is 11.8 Å². The number of rotatable bonds is 6. The smallest absolute Gasteiger partial charge is 0.433 e. The normalized spacial score (nSPS) is 19.7. The first kappa shape index (κ1) is 26.0. The molecular formula is C26H24F3N5O3S. The van der Waals surface area contributed by atoms with Gasteiger partial charge in [-0.05, 0) is 62.8 Å². The minimum Gasteiger partial charge on any atom is -0.481 e. The summed E-state index contributed by atoms with van der Waals surface area (Å²) in [5, 5.41) is 24.8. The van der Waals surface area contributed by atoms with Gasteiger partial charge in [0, 0.05) is 35.2 Å². The lowest BCUT2D eigenvalue weighted by atomic mass is 9.74. The molecule has 0 aliphatic heterocycles. The summed E-state index contributed by atoms with van der Waals surface area (Å²) in [6.45, 7) is 1.74. The number of pyridine rings is 1. The van der Waals surface area contributed by atoms with Crippen LogP contribution < -0.4 is 5.32 Å². The first-order valence-electron chi connectivity index (χ1n) is 12.0. The second-order valence-corrected chi connectivity index (χ2v) is 10.6. The minimum absolute atomic E-state index is 0.0852. The summed E-state index contributed by atoms with van der Waals surface area (Å²) in [5.74, 6) is -1.42. The fourth-order valence-corrected chi connectivity index (χ4v) is 5.94. The van der Waals surface area contributed by atoms with Crippen molar-refractivity contribution >= 4 is 39.8 Å². The van der Waals surface area contributed by atoms with Crippen molar-refractivity contribution in [1.29, 1.82) is 0 Å². The van der Waals surface area contributed by atoms with Gasteiger partial charge in [0.1, 0.15) is 16.3 Å². The Balaban J connectivity index is 1.38. The molecule has 0 radical (unpaired) electrons. The monoisotopic (exact) mass is 543 g/mol. The van der Waals surface area contributed by atoms with Crippen molar-refractivity contribution in [3.05, 3.63) is 59.6 Å². The number of carboxylic acid groups (broad SMARTS) is 1. The van der Waals surface area contributed by atoms with E-state index >= 15 is 0 Å². The number of alkyl halides is 3. The summed E-state index contributed by atoms with van der Waals surface area (Å²) < 4.78 is 38.9. The van der Waals surface area contributed by atoms with Crippen LogP contribution in [0.1, 0.15) is 43.3 Å². The average Bonchev–Trinajstić information content (AvgIpc) is 3.39. The van der Waals surface area contributed by atoms with Gasteiger partial charge in [-0.2, -0.15) is 13.2 Å². The molecule has 12 heteroatoms. The number of anilines is 2. The number of thiazole rings is 1. The number of carboxylic acids is 1. The van der Waals surface area contributed by atoms with Crippen molar-refractivity contribution in [2.24, 2.45) is 11.8 Å². The number of halogens is 3. The second kappa shape index (κ2) is 9.91. The quantitative estimate of drug-likeness (QED) is 0.270. The molecule has 0 saturated heterocycles. The summed E-state index contributed by atoms with van der Waals surface area (Å²) in [5.41, 5.74) is -0.286. The number of carbonyl (C=O) groups is 1. The molecule has 1 fully saturated rings. The fraction of sp³-hybridized carbons (Fsp3) is 0.346. The molecule has 3 heterocycles. The van der Waals surface area contributed by atoms with Gasteiger partial charge < -0.3 is 15.5 Å². The lowest BCUT2D eigenvalue weighted by Gasteiger charge is -2.35. The Morgan fingerprint density at radius 3 is 2.50 bits per heavy atom. The van der Waals surface area contributed by atoms with Crippen LogP contribution in [0.4, 0.5) is 24.8 Å². The van der Waals surface area contributed by atoms with Gasteiger partial charge in [0.15, 0.2) is 0 Å². The number of fused-ring (bicyclic) bond motifs is 1. The molecule has 198 valence electrons. The van der Waals surface area contributed by atoms with E-state index in [1.54, 1.807) is 37.5 Å². The number of nitrogens with zero attached hydrogens (tertiary/aromatic N) is 4. The molecule has 1 aliphatic carbocycles. The first-order valence-corrected chi connectivity index (χ1v) is 12.8. The number of aliphatic carboxylic acids is 1. The summed E-state index contributed by atoms with van der Waals surface area (Å²) in [7, 11) is 0. The van der Waals surface area contributed by atoms with Gasteiger partial charge in [-0.25, -0.2) is 15.0 Å². The Kier molecular flexibility index (Phi) is 6.78. The SMILES string of the molecule is C[C@](O)(c1ncc(-c2ccnc3cc(Nc4nccc(C(F)(F)F)n4)ccc23)s1)[C@H]1CC[C@H](C(=O)O)CC1. The number of benzene rings is 1. The van der Waals surface area contributed by atoms with Crippen molar-refractivity contribution in [3.63, 3.8) is 0 Å². The van der Waals surface area contributed by atoms with Crippen molar-refractivity contribution in [3.8, 4) is 10.4 Å². The van der Waals surface area contributed by atoms with Crippen molar-refractivity contribution < 1.29 is 28.2 Å². The summed E-state index contributed by atoms with van der Waals surface area (Å²) in [6.07, 6.45) is 2.10. The summed E-state index contributed by atoms with van der Waals surface area (Å²) in [4.78, 5) is 28.4. The average molecular weight is 544 g/mol. The summed E-state index contributed by atoms with van der Waals surface area (Å²) in [6, 6.07) is 7.85. The molecular weight excluding hydrogens is 519 g/mol. The molecule has 8 nitrogen and oxygen atoms in total. The van der Waals surface area contributed by atoms with E-state index < -0.39 is 23.4 Å². The van der Waals surface area contributed by atoms with Crippen LogP contribution in [0.2, 0.25) is 0 Å². The van der Waals surface area contributed by atoms with Gasteiger partial charge in [0.25, 0.3) is 0 Å². The first-order chi connectivity index (χ1) is 18.0. The van der Waals surface area contributed by atoms with Crippen molar-refractivity contribution in [2.45, 2.75) is 44.4 Å². The highest BCUT2D eigenvalue weighted by molar-refractivity contribution is 7.15. The van der Waals surface area contributed by atoms with Gasteiger partial charge in [-0.3, -0.25) is 9.78 Å². The molecule has 38 heavy (non-hydrogen) atoms. The maximum absolute atomic E-state index is 13.0. The van der Waals surface area contributed by atoms with E-state index in [2.05, 4.69) is 25.3 Å². The largest absolute Gasteiger partial charge is 0.481 e. The van der Waals surface area contributed by atoms with E-state index in [0.717, 1.165) is 28.1 Å². The fourth-order valence-electron chi connectivity index (χ4n) is 4.86. The van der Waals surface area contributed by atoms with E-state index in [1.807, 2.05) is 6.07 Å². The van der Waals surface area contributed by atoms with Crippen LogP contribution in [0.5, 0.6) is 0 Å². The maximum atomic E-state index is 13.0. The highest BCUT2D eigenvalue weighted by atomic mass is 32.1. The predicted octanol–water partition coefficient (Wildman–Crippen LogP) is 6.01. The van der Waals surface area contributed by atoms with Gasteiger partial charge in [-0.1, -0.05) is 6.07 Å². The van der Waals surface area contributed by atoms with Gasteiger partial charge in [0.05, 0.1) is 16.3 Å². The molecule has 1 atom stereocenters. The number of aliphatic hydroxyl groups is 1. The molecule has 0 bridgehead atoms. The van der Waals surface area contributed by atoms with Crippen molar-refractivity contribution in [2.75, 3.05) is 5.32 Å². The third-order valence-corrected chi connectivity index (χ3v) is 8.28. The zero-order chi connectivity index (χ0) is 27.1. The standard InChI is InChI=1S/C26H24F3N5O3S/c1-25(37,15-4-2-14(3-5-15)22(35)36)23-32-13-20(38-23)18-8-10-30-19-12-16(6-7-17(18)19)33-24-31-11-9-21(34-24)26(27,28)29/h6-15,37H,2-5H2,1H3,(H,35,36)(H,31,33,34)/t14-,15-,25-/m1/s1. The van der Waals surface area contributed by atoms with E-state index in [9.17, 15) is 28.2 Å². The zero-order valence-corrected chi connectivity index (χ0v) is 21.1. The van der Waals surface area contributed by atoms with Gasteiger partial charge in [0.2, 0.25) is 5.95 Å². The van der Waals surface area contributed by atoms with Crippen LogP contribution in [0.15, 0.2) is 48.9 Å². The Labute approximate surface area is 219 Å². The number of aromatic nitrogens is 4. The highest BCUT2D eigenvalue weighted by Gasteiger charge is 2.40. The Hall–Kier alpha value is -3.64. The molecule has 1 aromatic carbocycles. The molecule has 0 unspecified atom stereocenters. The van der Waals surface area contributed by atoms with Crippen LogP contribution in [0.25, 0.3) is 21.3 Å². The van der Waals surface area contributed by atoms with Crippen molar-refractivity contribution in [1.82, 2.24) is 19.9 Å². The van der Waals surface area contributed by atoms with Crippen LogP contribution in [-0.4, -0.2) is 36.1 Å². The van der Waals surface area contributed by atoms with Gasteiger partial charge >= 0.3 is 12.1 Å². The zero-order valence-electron chi connectivity index (χ0n) is 20.2. The molecule has 1 aliphatic rings. The summed E-state index contributed by atoms with van der Waals surface area (Å²) >= 11 is 1.37. The maximum Gasteiger partial charge on any atom is 0.433 e. The Morgan fingerprint density at radius 1 is 1.05 bits per heavy atom. The molecule has 1 saturated carbocycles. The lowest BCUT2D eigenvalue weighted by molar-refractivity contribution is -0.144. The lowest BCUT2D eigenvalue weighted by Crippen LogP contribution is -2.35. The van der Waals surface area contributed by atoms with E-state index in [0.29, 0.717) is 41.9 Å². The highest BCUT2D eigenvalue weighted by Crippen LogP contribution is 2.44. The second-order valence-electron chi connectivity index (χ2n) is 9.54. The number of nitrogens with one attached hydrogen (secondary N) is 1. The van der Waals surface area contributed by atoms with Gasteiger partial charge in [-0.15, -0.1) is 11.3 Å². The third kappa shape index (κ3) is 5.18. The van der Waals surface area contributed by atoms with E-state index in [-0.39, 0.29) is 17.8 Å². The van der Waals surface area contributed by atoms with Crippen LogP contribution in [-0.2, 0) is 16.6 Å². The molecule has 4 aromatic rings. The van der Waals surface area contributed by atoms with Crippen LogP contribution >= 0.6 is 11.3 Å². The van der Waals surface area contributed by atoms with Crippen LogP contribution in [0.3, 0.4) is 0 Å². The molecule has 5 rings (SSSR count). The molecule has 0 amide bonds. The molecule has 0 spiro atoms. The minimum atomic E-state index is -4.57. The number of hydrogen-bond donors (Lipinski definition) is 3.